The minimum absolute atomic E-state index is 0.0529. The van der Waals surface area contributed by atoms with E-state index in [4.69, 9.17) is 21.0 Å². The molecule has 0 spiro atoms. The number of imide groups is 1. The Labute approximate surface area is 300 Å². The van der Waals surface area contributed by atoms with E-state index in [1.54, 1.807) is 30.5 Å². The van der Waals surface area contributed by atoms with Crippen molar-refractivity contribution < 1.29 is 39.2 Å². The summed E-state index contributed by atoms with van der Waals surface area (Å²) in [7, 11) is -2.95. The third-order valence-corrected chi connectivity index (χ3v) is 10.2. The Morgan fingerprint density at radius 3 is 2.55 bits per heavy atom. The molecule has 2 saturated heterocycles. The maximum absolute atomic E-state index is 14.3. The fourth-order valence-corrected chi connectivity index (χ4v) is 7.83. The van der Waals surface area contributed by atoms with Crippen LogP contribution in [-0.2, 0) is 14.2 Å². The highest BCUT2D eigenvalue weighted by Gasteiger charge is 2.57. The number of carbonyl (C=O) groups is 2. The first-order valence-corrected chi connectivity index (χ1v) is 17.2. The Balaban J connectivity index is 1.25. The summed E-state index contributed by atoms with van der Waals surface area (Å²) in [5.74, 6) is -2.03. The van der Waals surface area contributed by atoms with E-state index in [-0.39, 0.29) is 42.2 Å². The lowest BCUT2D eigenvalue weighted by atomic mass is 9.58. The summed E-state index contributed by atoms with van der Waals surface area (Å²) in [5, 5.41) is 41.0. The molecule has 0 unspecified atom stereocenters. The van der Waals surface area contributed by atoms with Crippen molar-refractivity contribution in [1.82, 2.24) is 4.98 Å². The molecule has 2 fully saturated rings. The number of allylic oxidation sites excluding steroid dienone is 1. The number of amides is 2. The number of rotatable bonds is 10. The molecule has 7 rings (SSSR count). The monoisotopic (exact) mass is 704 g/mol. The molecule has 51 heavy (non-hydrogen) atoms. The molecule has 1 aromatic heterocycles. The molecule has 1 aliphatic carbocycles. The molecule has 258 valence electrons. The number of anilines is 1. The van der Waals surface area contributed by atoms with Crippen molar-refractivity contribution in [3.8, 4) is 11.5 Å². The molecule has 0 bridgehead atoms. The van der Waals surface area contributed by atoms with E-state index in [9.17, 15) is 29.8 Å². The van der Waals surface area contributed by atoms with Crippen molar-refractivity contribution in [2.45, 2.75) is 31.7 Å². The lowest BCUT2D eigenvalue weighted by molar-refractivity contribution is -0.122. The summed E-state index contributed by atoms with van der Waals surface area (Å²) in [5.41, 5.74) is 4.38. The van der Waals surface area contributed by atoms with E-state index < -0.39 is 44.0 Å². The van der Waals surface area contributed by atoms with Crippen LogP contribution in [0.5, 0.6) is 11.5 Å². The molecule has 0 radical (unpaired) electrons. The van der Waals surface area contributed by atoms with Gasteiger partial charge in [-0.2, -0.15) is 0 Å². The number of hydrogen-bond acceptors (Lipinski definition) is 9. The fraction of sp³-hybridized carbons (Fsp3) is 0.237. The van der Waals surface area contributed by atoms with Gasteiger partial charge >= 0.3 is 14.2 Å². The number of phenolic OH excluding ortho intramolecular Hbond substituents is 1. The molecule has 0 saturated carbocycles. The lowest BCUT2D eigenvalue weighted by Gasteiger charge is -2.43. The number of phenols is 1. The molecule has 3 heterocycles. The second-order valence-electron chi connectivity index (χ2n) is 13.0. The van der Waals surface area contributed by atoms with Crippen LogP contribution in [0.2, 0.25) is 11.3 Å². The van der Waals surface area contributed by atoms with Crippen molar-refractivity contribution in [1.29, 1.82) is 0 Å². The van der Waals surface area contributed by atoms with E-state index in [0.29, 0.717) is 29.2 Å². The second kappa shape index (κ2) is 14.9. The molecule has 3 aromatic carbocycles. The zero-order valence-corrected chi connectivity index (χ0v) is 28.3. The van der Waals surface area contributed by atoms with Gasteiger partial charge in [0, 0.05) is 6.20 Å². The van der Waals surface area contributed by atoms with Crippen molar-refractivity contribution >= 4 is 60.5 Å². The summed E-state index contributed by atoms with van der Waals surface area (Å²) in [6, 6.07) is 25.8. The summed E-state index contributed by atoms with van der Waals surface area (Å²) in [6.07, 6.45) is 4.26. The maximum Gasteiger partial charge on any atom is 0.488 e. The minimum atomic E-state index is -1.77. The molecule has 3 aliphatic rings. The number of carbonyl (C=O) groups excluding carboxylic acids is 2. The Hall–Kier alpha value is -4.71. The van der Waals surface area contributed by atoms with Crippen LogP contribution in [-0.4, -0.2) is 63.9 Å². The number of para-hydroxylation sites is 1. The van der Waals surface area contributed by atoms with Crippen molar-refractivity contribution in [3.63, 3.8) is 0 Å². The predicted molar refractivity (Wildman–Crippen MR) is 195 cm³/mol. The van der Waals surface area contributed by atoms with E-state index in [2.05, 4.69) is 4.98 Å². The van der Waals surface area contributed by atoms with Crippen LogP contribution < -0.4 is 15.1 Å². The number of nitrogens with zero attached hydrogens (tertiary/aromatic N) is 2. The third-order valence-electron chi connectivity index (χ3n) is 9.87. The van der Waals surface area contributed by atoms with Crippen LogP contribution in [0, 0.1) is 17.8 Å². The first kappa shape index (κ1) is 34.7. The molecule has 4 N–H and O–H groups in total. The number of halogens is 1. The summed E-state index contributed by atoms with van der Waals surface area (Å²) >= 11 is 6.49. The van der Waals surface area contributed by atoms with Gasteiger partial charge in [0.05, 0.1) is 34.3 Å². The molecule has 2 aliphatic heterocycles. The average molecular weight is 705 g/mol. The lowest BCUT2D eigenvalue weighted by Crippen LogP contribution is -2.46. The number of fused-ring (bicyclic) bond motifs is 3. The number of hydrogen-bond donors (Lipinski definition) is 4. The molecule has 4 aromatic rings. The van der Waals surface area contributed by atoms with Crippen molar-refractivity contribution in [2.75, 3.05) is 11.5 Å². The number of ether oxygens (including phenoxy) is 1. The van der Waals surface area contributed by atoms with Gasteiger partial charge in [0.15, 0.2) is 0 Å². The zero-order chi connectivity index (χ0) is 35.6. The van der Waals surface area contributed by atoms with Gasteiger partial charge in [-0.05, 0) is 120 Å². The largest absolute Gasteiger partial charge is 0.508 e. The molecular weight excluding hydrogens is 670 g/mol. The SMILES string of the molecule is O=C1[C@@H]2[C@@H](CC(COc3ccccc3)=C3[C@@H](CC/C(=C/c4ccc(O)cc4Cl)c4ccccn4)OB(O)C[C@@H]32)C(=O)N1c1cccc(B(O)O)c1. The first-order valence-electron chi connectivity index (χ1n) is 16.9. The van der Waals surface area contributed by atoms with Gasteiger partial charge in [0.25, 0.3) is 0 Å². The van der Waals surface area contributed by atoms with Crippen molar-refractivity contribution in [3.05, 3.63) is 125 Å². The van der Waals surface area contributed by atoms with Crippen LogP contribution in [0.3, 0.4) is 0 Å². The van der Waals surface area contributed by atoms with Gasteiger partial charge < -0.3 is 29.6 Å². The fourth-order valence-electron chi connectivity index (χ4n) is 7.60. The van der Waals surface area contributed by atoms with Crippen LogP contribution >= 0.6 is 11.6 Å². The smallest absolute Gasteiger partial charge is 0.488 e. The Morgan fingerprint density at radius 1 is 1.00 bits per heavy atom. The highest BCUT2D eigenvalue weighted by Crippen LogP contribution is 2.51. The highest BCUT2D eigenvalue weighted by molar-refractivity contribution is 6.58. The predicted octanol–water partition coefficient (Wildman–Crippen LogP) is 4.52. The number of aromatic nitrogens is 1. The average Bonchev–Trinajstić information content (AvgIpc) is 3.39. The molecular formula is C38H35B2ClN2O8. The van der Waals surface area contributed by atoms with Gasteiger partial charge in [-0.1, -0.05) is 48.0 Å². The zero-order valence-electron chi connectivity index (χ0n) is 27.5. The van der Waals surface area contributed by atoms with Crippen LogP contribution in [0.1, 0.15) is 30.5 Å². The van der Waals surface area contributed by atoms with E-state index in [1.165, 1.54) is 18.2 Å². The Kier molecular flexibility index (Phi) is 10.1. The van der Waals surface area contributed by atoms with Crippen LogP contribution in [0.15, 0.2) is 108 Å². The third kappa shape index (κ3) is 7.24. The topological polar surface area (TPSA) is 150 Å². The number of pyridine rings is 1. The Bertz CT molecular complexity index is 1990. The van der Waals surface area contributed by atoms with Crippen LogP contribution in [0.25, 0.3) is 11.6 Å². The van der Waals surface area contributed by atoms with E-state index >= 15 is 0 Å². The van der Waals surface area contributed by atoms with Gasteiger partial charge in [-0.3, -0.25) is 19.5 Å². The van der Waals surface area contributed by atoms with Gasteiger partial charge in [-0.15, -0.1) is 0 Å². The molecule has 2 amide bonds. The molecule has 13 heteroatoms. The van der Waals surface area contributed by atoms with E-state index in [1.807, 2.05) is 54.6 Å². The van der Waals surface area contributed by atoms with Crippen LogP contribution in [0.4, 0.5) is 5.69 Å². The summed E-state index contributed by atoms with van der Waals surface area (Å²) < 4.78 is 12.5. The van der Waals surface area contributed by atoms with Gasteiger partial charge in [0.1, 0.15) is 18.1 Å². The number of benzene rings is 3. The molecule has 4 atom stereocenters. The quantitative estimate of drug-likeness (QED) is 0.106. The maximum atomic E-state index is 14.3. The number of aromatic hydroxyl groups is 1. The van der Waals surface area contributed by atoms with Crippen molar-refractivity contribution in [2.24, 2.45) is 17.8 Å². The Morgan fingerprint density at radius 2 is 1.80 bits per heavy atom. The normalized spacial score (nSPS) is 21.8. The van der Waals surface area contributed by atoms with Gasteiger partial charge in [-0.25, -0.2) is 0 Å². The summed E-state index contributed by atoms with van der Waals surface area (Å²) in [4.78, 5) is 34.0. The second-order valence-corrected chi connectivity index (χ2v) is 13.4. The molecule has 10 nitrogen and oxygen atoms in total. The minimum Gasteiger partial charge on any atom is -0.508 e. The van der Waals surface area contributed by atoms with Gasteiger partial charge in [0.2, 0.25) is 11.8 Å². The standard InChI is InChI=1S/C38H35B2ClN2O8/c41-32-20-28(44)14-12-23(32)17-24(33-11-4-5-16-42-33)13-15-34-35-25(22-50-29-9-2-1-3-10-29)18-30-36(31(35)21-39(47)51-34)38(46)43(37(30)45)27-8-6-7-26(19-27)40(48)49/h1-12,14,16-17,19-20,30-31,34,36,44,47-49H,13,15,18,21-22H2/b24-17-/t30-,31+,34-,36-/m1/s1. The highest BCUT2D eigenvalue weighted by atomic mass is 35.5. The van der Waals surface area contributed by atoms with E-state index in [0.717, 1.165) is 27.3 Å². The first-order chi connectivity index (χ1) is 24.7. The summed E-state index contributed by atoms with van der Waals surface area (Å²) in [6.45, 7) is 0.161.